The number of hydrogen-bond donors (Lipinski definition) is 2. The van der Waals surface area contributed by atoms with Gasteiger partial charge in [-0.25, -0.2) is 0 Å². The van der Waals surface area contributed by atoms with Gasteiger partial charge in [-0.15, -0.1) is 0 Å². The molecule has 0 aliphatic rings. The van der Waals surface area contributed by atoms with Gasteiger partial charge in [0.15, 0.2) is 0 Å². The van der Waals surface area contributed by atoms with Gasteiger partial charge in [-0.3, -0.25) is 4.79 Å². The summed E-state index contributed by atoms with van der Waals surface area (Å²) < 4.78 is 1.09. The number of anilines is 1. The Morgan fingerprint density at radius 2 is 2.13 bits per heavy atom. The lowest BCUT2D eigenvalue weighted by atomic mass is 10.2. The van der Waals surface area contributed by atoms with E-state index in [0.717, 1.165) is 16.7 Å². The van der Waals surface area contributed by atoms with E-state index >= 15 is 0 Å². The molecule has 1 aromatic rings. The van der Waals surface area contributed by atoms with E-state index < -0.39 is 0 Å². The van der Waals surface area contributed by atoms with Gasteiger partial charge in [0.05, 0.1) is 0 Å². The number of rotatable bonds is 4. The molecule has 15 heavy (non-hydrogen) atoms. The fourth-order valence-corrected chi connectivity index (χ4v) is 1.60. The summed E-state index contributed by atoms with van der Waals surface area (Å²) in [6.07, 6.45) is 0. The highest BCUT2D eigenvalue weighted by molar-refractivity contribution is 9.10. The summed E-state index contributed by atoms with van der Waals surface area (Å²) in [7, 11) is 0. The average Bonchev–Trinajstić information content (AvgIpc) is 2.18. The molecule has 0 heterocycles. The quantitative estimate of drug-likeness (QED) is 0.825. The van der Waals surface area contributed by atoms with E-state index in [-0.39, 0.29) is 5.91 Å². The van der Waals surface area contributed by atoms with Gasteiger partial charge in [-0.1, -0.05) is 22.0 Å². The van der Waals surface area contributed by atoms with Crippen LogP contribution < -0.4 is 10.6 Å². The predicted molar refractivity (Wildman–Crippen MR) is 66.1 cm³/mol. The van der Waals surface area contributed by atoms with E-state index in [1.54, 1.807) is 0 Å². The van der Waals surface area contributed by atoms with E-state index in [9.17, 15) is 4.79 Å². The van der Waals surface area contributed by atoms with Crippen molar-refractivity contribution in [2.75, 3.05) is 18.4 Å². The lowest BCUT2D eigenvalue weighted by Gasteiger charge is -2.10. The van der Waals surface area contributed by atoms with Crippen LogP contribution in [-0.4, -0.2) is 19.0 Å². The first-order valence-electron chi connectivity index (χ1n) is 4.84. The van der Waals surface area contributed by atoms with E-state index in [4.69, 9.17) is 0 Å². The summed E-state index contributed by atoms with van der Waals surface area (Å²) >= 11 is 3.47. The van der Waals surface area contributed by atoms with Crippen molar-refractivity contribution in [3.63, 3.8) is 0 Å². The van der Waals surface area contributed by atoms with Gasteiger partial charge in [-0.2, -0.15) is 0 Å². The molecule has 0 fully saturated rings. The van der Waals surface area contributed by atoms with Gasteiger partial charge in [0.1, 0.15) is 0 Å². The molecular weight excluding hydrogens is 256 g/mol. The highest BCUT2D eigenvalue weighted by Gasteiger charge is 2.00. The normalized spacial score (nSPS) is 9.80. The number of nitrogens with one attached hydrogen (secondary N) is 2. The van der Waals surface area contributed by atoms with E-state index in [1.165, 1.54) is 12.5 Å². The minimum Gasteiger partial charge on any atom is -0.383 e. The second kappa shape index (κ2) is 5.75. The highest BCUT2D eigenvalue weighted by atomic mass is 79.9. The topological polar surface area (TPSA) is 41.1 Å². The molecule has 0 radical (unpaired) electrons. The van der Waals surface area contributed by atoms with Gasteiger partial charge in [0.25, 0.3) is 0 Å². The largest absolute Gasteiger partial charge is 0.383 e. The Bertz CT molecular complexity index is 352. The first-order chi connectivity index (χ1) is 7.11. The number of carbonyl (C=O) groups is 1. The Morgan fingerprint density at radius 3 is 2.80 bits per heavy atom. The molecule has 0 spiro atoms. The molecule has 4 heteroatoms. The maximum atomic E-state index is 10.6. The standard InChI is InChI=1S/C11H15BrN2O/c1-8-10(12)4-3-5-11(8)14-7-6-13-9(2)15/h3-5,14H,6-7H2,1-2H3,(H,13,15). The van der Waals surface area contributed by atoms with E-state index in [1.807, 2.05) is 25.1 Å². The molecule has 0 bridgehead atoms. The average molecular weight is 271 g/mol. The Hall–Kier alpha value is -1.03. The van der Waals surface area contributed by atoms with Crippen LogP contribution in [0.4, 0.5) is 5.69 Å². The minimum atomic E-state index is 0.00256. The van der Waals surface area contributed by atoms with E-state index in [2.05, 4.69) is 26.6 Å². The molecule has 1 amide bonds. The fourth-order valence-electron chi connectivity index (χ4n) is 1.23. The summed E-state index contributed by atoms with van der Waals surface area (Å²) in [6.45, 7) is 4.94. The van der Waals surface area contributed by atoms with Gasteiger partial charge >= 0.3 is 0 Å². The van der Waals surface area contributed by atoms with Crippen molar-refractivity contribution in [3.05, 3.63) is 28.2 Å². The smallest absolute Gasteiger partial charge is 0.216 e. The number of carbonyl (C=O) groups excluding carboxylic acids is 1. The lowest BCUT2D eigenvalue weighted by Crippen LogP contribution is -2.26. The van der Waals surface area contributed by atoms with Crippen LogP contribution in [0.5, 0.6) is 0 Å². The van der Waals surface area contributed by atoms with E-state index in [0.29, 0.717) is 6.54 Å². The summed E-state index contributed by atoms with van der Waals surface area (Å²) in [5, 5.41) is 6.00. The maximum Gasteiger partial charge on any atom is 0.216 e. The van der Waals surface area contributed by atoms with Crippen LogP contribution >= 0.6 is 15.9 Å². The van der Waals surface area contributed by atoms with Crippen LogP contribution in [0.3, 0.4) is 0 Å². The zero-order valence-corrected chi connectivity index (χ0v) is 10.5. The number of halogens is 1. The summed E-state index contributed by atoms with van der Waals surface area (Å²) in [5.74, 6) is 0.00256. The Balaban J connectivity index is 2.44. The van der Waals surface area contributed by atoms with Crippen molar-refractivity contribution in [1.82, 2.24) is 5.32 Å². The zero-order chi connectivity index (χ0) is 11.3. The zero-order valence-electron chi connectivity index (χ0n) is 8.93. The first kappa shape index (κ1) is 12.0. The predicted octanol–water partition coefficient (Wildman–Crippen LogP) is 2.31. The molecule has 3 nitrogen and oxygen atoms in total. The molecule has 0 atom stereocenters. The van der Waals surface area contributed by atoms with Crippen molar-refractivity contribution in [2.24, 2.45) is 0 Å². The third-order valence-electron chi connectivity index (χ3n) is 2.08. The number of hydrogen-bond acceptors (Lipinski definition) is 2. The Labute approximate surface area is 98.4 Å². The molecule has 0 unspecified atom stereocenters. The molecular formula is C11H15BrN2O. The molecule has 1 rings (SSSR count). The molecule has 0 saturated carbocycles. The summed E-state index contributed by atoms with van der Waals surface area (Å²) in [5.41, 5.74) is 2.27. The van der Waals surface area contributed by atoms with Crippen molar-refractivity contribution < 1.29 is 4.79 Å². The van der Waals surface area contributed by atoms with Gasteiger partial charge in [-0.05, 0) is 24.6 Å². The third kappa shape index (κ3) is 3.91. The molecule has 1 aromatic carbocycles. The van der Waals surface area contributed by atoms with Crippen molar-refractivity contribution >= 4 is 27.5 Å². The molecule has 82 valence electrons. The van der Waals surface area contributed by atoms with Crippen LogP contribution in [0.15, 0.2) is 22.7 Å². The van der Waals surface area contributed by atoms with Crippen molar-refractivity contribution in [3.8, 4) is 0 Å². The lowest BCUT2D eigenvalue weighted by molar-refractivity contribution is -0.118. The molecule has 0 aliphatic carbocycles. The Morgan fingerprint density at radius 1 is 1.40 bits per heavy atom. The van der Waals surface area contributed by atoms with Crippen LogP contribution in [0, 0.1) is 6.92 Å². The first-order valence-corrected chi connectivity index (χ1v) is 5.64. The van der Waals surface area contributed by atoms with Crippen molar-refractivity contribution in [2.45, 2.75) is 13.8 Å². The van der Waals surface area contributed by atoms with Crippen LogP contribution in [0.1, 0.15) is 12.5 Å². The Kier molecular flexibility index (Phi) is 4.62. The molecule has 0 saturated heterocycles. The summed E-state index contributed by atoms with van der Waals surface area (Å²) in [6, 6.07) is 6.01. The maximum absolute atomic E-state index is 10.6. The van der Waals surface area contributed by atoms with Gasteiger partial charge < -0.3 is 10.6 Å². The van der Waals surface area contributed by atoms with Crippen molar-refractivity contribution in [1.29, 1.82) is 0 Å². The highest BCUT2D eigenvalue weighted by Crippen LogP contribution is 2.22. The molecule has 0 aromatic heterocycles. The van der Waals surface area contributed by atoms with Crippen LogP contribution in [-0.2, 0) is 4.79 Å². The monoisotopic (exact) mass is 270 g/mol. The number of amides is 1. The van der Waals surface area contributed by atoms with Gasteiger partial charge in [0, 0.05) is 30.2 Å². The minimum absolute atomic E-state index is 0.00256. The second-order valence-electron chi connectivity index (χ2n) is 3.32. The van der Waals surface area contributed by atoms with Crippen LogP contribution in [0.25, 0.3) is 0 Å². The third-order valence-corrected chi connectivity index (χ3v) is 2.94. The number of benzene rings is 1. The molecule has 2 N–H and O–H groups in total. The SMILES string of the molecule is CC(=O)NCCNc1cccc(Br)c1C. The summed E-state index contributed by atoms with van der Waals surface area (Å²) in [4.78, 5) is 10.6. The van der Waals surface area contributed by atoms with Gasteiger partial charge in [0.2, 0.25) is 5.91 Å². The second-order valence-corrected chi connectivity index (χ2v) is 4.18. The van der Waals surface area contributed by atoms with Crippen LogP contribution in [0.2, 0.25) is 0 Å². The molecule has 0 aliphatic heterocycles. The fraction of sp³-hybridized carbons (Fsp3) is 0.364.